The van der Waals surface area contributed by atoms with Gasteiger partial charge in [0.2, 0.25) is 0 Å². The lowest BCUT2D eigenvalue weighted by molar-refractivity contribution is 0.0620. The van der Waals surface area contributed by atoms with Crippen LogP contribution in [-0.2, 0) is 0 Å². The Kier molecular flexibility index (Phi) is 3.66. The van der Waals surface area contributed by atoms with Crippen LogP contribution in [0, 0.1) is 0 Å². The molecule has 3 N–H and O–H groups in total. The summed E-state index contributed by atoms with van der Waals surface area (Å²) in [5.74, 6) is -0.175. The van der Waals surface area contributed by atoms with Crippen LogP contribution in [0.15, 0.2) is 18.2 Å². The van der Waals surface area contributed by atoms with E-state index in [0.717, 1.165) is 6.42 Å². The van der Waals surface area contributed by atoms with Gasteiger partial charge in [0.05, 0.1) is 5.69 Å². The standard InChI is InChI=1S/C13H20N2O2/c1-5-13(2,3)15(4)12(17)9-6-7-10(14)11(16)8-9/h6-8,16H,5,14H2,1-4H3. The molecular formula is C13H20N2O2. The van der Waals surface area contributed by atoms with Crippen molar-refractivity contribution >= 4 is 11.6 Å². The minimum atomic E-state index is -0.214. The molecule has 0 aromatic heterocycles. The van der Waals surface area contributed by atoms with Crippen molar-refractivity contribution < 1.29 is 9.90 Å². The molecular weight excluding hydrogens is 216 g/mol. The van der Waals surface area contributed by atoms with E-state index in [2.05, 4.69) is 0 Å². The second-order valence-electron chi connectivity index (χ2n) is 4.80. The second kappa shape index (κ2) is 4.65. The zero-order chi connectivity index (χ0) is 13.2. The fourth-order valence-electron chi connectivity index (χ4n) is 1.38. The molecule has 4 nitrogen and oxygen atoms in total. The molecule has 1 amide bonds. The van der Waals surface area contributed by atoms with Crippen LogP contribution in [0.5, 0.6) is 5.75 Å². The van der Waals surface area contributed by atoms with E-state index in [4.69, 9.17) is 5.73 Å². The third-order valence-corrected chi connectivity index (χ3v) is 3.36. The lowest BCUT2D eigenvalue weighted by atomic mass is 9.99. The summed E-state index contributed by atoms with van der Waals surface area (Å²) in [6, 6.07) is 4.56. The molecule has 1 rings (SSSR count). The molecule has 0 aliphatic heterocycles. The Labute approximate surface area is 102 Å². The number of anilines is 1. The van der Waals surface area contributed by atoms with E-state index in [0.29, 0.717) is 5.56 Å². The maximum atomic E-state index is 12.2. The Hall–Kier alpha value is -1.71. The van der Waals surface area contributed by atoms with Crippen LogP contribution in [-0.4, -0.2) is 28.5 Å². The predicted octanol–water partition coefficient (Wildman–Crippen LogP) is 2.24. The minimum Gasteiger partial charge on any atom is -0.506 e. The van der Waals surface area contributed by atoms with Crippen molar-refractivity contribution in [3.8, 4) is 5.75 Å². The number of benzene rings is 1. The van der Waals surface area contributed by atoms with E-state index in [-0.39, 0.29) is 22.9 Å². The zero-order valence-electron chi connectivity index (χ0n) is 10.8. The quantitative estimate of drug-likeness (QED) is 0.624. The molecule has 0 aliphatic rings. The molecule has 17 heavy (non-hydrogen) atoms. The van der Waals surface area contributed by atoms with Gasteiger partial charge in [-0.15, -0.1) is 0 Å². The predicted molar refractivity (Wildman–Crippen MR) is 69.0 cm³/mol. The molecule has 1 aromatic carbocycles. The van der Waals surface area contributed by atoms with Crippen molar-refractivity contribution in [2.75, 3.05) is 12.8 Å². The molecule has 0 unspecified atom stereocenters. The number of carbonyl (C=O) groups excluding carboxylic acids is 1. The van der Waals surface area contributed by atoms with Crippen LogP contribution in [0.25, 0.3) is 0 Å². The summed E-state index contributed by atoms with van der Waals surface area (Å²) in [6.07, 6.45) is 0.857. The van der Waals surface area contributed by atoms with Crippen molar-refractivity contribution in [2.24, 2.45) is 0 Å². The number of phenolic OH excluding ortho intramolecular Hbond substituents is 1. The van der Waals surface area contributed by atoms with Crippen LogP contribution < -0.4 is 5.73 Å². The average molecular weight is 236 g/mol. The van der Waals surface area contributed by atoms with Gasteiger partial charge in [0.25, 0.3) is 5.91 Å². The Balaban J connectivity index is 3.01. The molecule has 0 radical (unpaired) electrons. The van der Waals surface area contributed by atoms with E-state index < -0.39 is 0 Å². The minimum absolute atomic E-state index is 0.0569. The van der Waals surface area contributed by atoms with Crippen LogP contribution in [0.3, 0.4) is 0 Å². The molecule has 0 saturated carbocycles. The fourth-order valence-corrected chi connectivity index (χ4v) is 1.38. The molecule has 1 aromatic rings. The highest BCUT2D eigenvalue weighted by molar-refractivity contribution is 5.95. The maximum absolute atomic E-state index is 12.2. The topological polar surface area (TPSA) is 66.6 Å². The van der Waals surface area contributed by atoms with Gasteiger partial charge in [-0.25, -0.2) is 0 Å². The molecule has 4 heteroatoms. The van der Waals surface area contributed by atoms with Crippen molar-refractivity contribution in [3.05, 3.63) is 23.8 Å². The molecule has 0 bridgehead atoms. The van der Waals surface area contributed by atoms with Gasteiger partial charge in [0.1, 0.15) is 5.75 Å². The van der Waals surface area contributed by atoms with E-state index >= 15 is 0 Å². The number of aromatic hydroxyl groups is 1. The number of hydrogen-bond donors (Lipinski definition) is 2. The summed E-state index contributed by atoms with van der Waals surface area (Å²) in [7, 11) is 1.76. The van der Waals surface area contributed by atoms with E-state index in [1.54, 1.807) is 18.0 Å². The van der Waals surface area contributed by atoms with Crippen molar-refractivity contribution in [2.45, 2.75) is 32.7 Å². The highest BCUT2D eigenvalue weighted by Crippen LogP contribution is 2.24. The maximum Gasteiger partial charge on any atom is 0.254 e. The summed E-state index contributed by atoms with van der Waals surface area (Å²) < 4.78 is 0. The highest BCUT2D eigenvalue weighted by Gasteiger charge is 2.26. The number of amides is 1. The summed E-state index contributed by atoms with van der Waals surface area (Å²) in [4.78, 5) is 13.9. The van der Waals surface area contributed by atoms with Crippen LogP contribution in [0.2, 0.25) is 0 Å². The monoisotopic (exact) mass is 236 g/mol. The summed E-state index contributed by atoms with van der Waals surface area (Å²) in [5, 5.41) is 9.50. The van der Waals surface area contributed by atoms with Crippen LogP contribution in [0.4, 0.5) is 5.69 Å². The first kappa shape index (κ1) is 13.4. The molecule has 0 aliphatic carbocycles. The second-order valence-corrected chi connectivity index (χ2v) is 4.80. The molecule has 0 saturated heterocycles. The Morgan fingerprint density at radius 2 is 2.06 bits per heavy atom. The van der Waals surface area contributed by atoms with Gasteiger partial charge in [-0.1, -0.05) is 6.92 Å². The molecule has 0 heterocycles. The number of hydrogen-bond acceptors (Lipinski definition) is 3. The summed E-state index contributed by atoms with van der Waals surface area (Å²) in [5.41, 5.74) is 6.01. The average Bonchev–Trinajstić information content (AvgIpc) is 2.30. The van der Waals surface area contributed by atoms with Gasteiger partial charge in [-0.3, -0.25) is 4.79 Å². The van der Waals surface area contributed by atoms with Gasteiger partial charge in [0, 0.05) is 18.2 Å². The van der Waals surface area contributed by atoms with Gasteiger partial charge in [-0.05, 0) is 38.5 Å². The van der Waals surface area contributed by atoms with Crippen molar-refractivity contribution in [1.29, 1.82) is 0 Å². The number of carbonyl (C=O) groups is 1. The molecule has 0 fully saturated rings. The zero-order valence-corrected chi connectivity index (χ0v) is 10.8. The van der Waals surface area contributed by atoms with Crippen LogP contribution in [0.1, 0.15) is 37.6 Å². The van der Waals surface area contributed by atoms with Gasteiger partial charge >= 0.3 is 0 Å². The third kappa shape index (κ3) is 2.70. The van der Waals surface area contributed by atoms with E-state index in [1.807, 2.05) is 20.8 Å². The third-order valence-electron chi connectivity index (χ3n) is 3.36. The largest absolute Gasteiger partial charge is 0.506 e. The Morgan fingerprint density at radius 3 is 2.53 bits per heavy atom. The van der Waals surface area contributed by atoms with E-state index in [1.165, 1.54) is 12.1 Å². The lowest BCUT2D eigenvalue weighted by Gasteiger charge is -2.35. The molecule has 0 atom stereocenters. The Bertz CT molecular complexity index is 427. The number of rotatable bonds is 3. The summed E-state index contributed by atoms with van der Waals surface area (Å²) >= 11 is 0. The van der Waals surface area contributed by atoms with Gasteiger partial charge < -0.3 is 15.7 Å². The smallest absolute Gasteiger partial charge is 0.254 e. The number of nitrogens with two attached hydrogens (primary N) is 1. The summed E-state index contributed by atoms with van der Waals surface area (Å²) in [6.45, 7) is 6.04. The van der Waals surface area contributed by atoms with Gasteiger partial charge in [-0.2, -0.15) is 0 Å². The first-order valence-electron chi connectivity index (χ1n) is 5.66. The Morgan fingerprint density at radius 1 is 1.47 bits per heavy atom. The number of nitrogen functional groups attached to an aromatic ring is 1. The highest BCUT2D eigenvalue weighted by atomic mass is 16.3. The molecule has 94 valence electrons. The normalized spacial score (nSPS) is 11.3. The fraction of sp³-hybridized carbons (Fsp3) is 0.462. The first-order chi connectivity index (χ1) is 7.79. The number of phenols is 1. The van der Waals surface area contributed by atoms with Crippen LogP contribution >= 0.6 is 0 Å². The van der Waals surface area contributed by atoms with Crippen molar-refractivity contribution in [1.82, 2.24) is 4.90 Å². The van der Waals surface area contributed by atoms with E-state index in [9.17, 15) is 9.90 Å². The molecule has 0 spiro atoms. The number of nitrogens with zero attached hydrogens (tertiary/aromatic N) is 1. The van der Waals surface area contributed by atoms with Crippen molar-refractivity contribution in [3.63, 3.8) is 0 Å². The lowest BCUT2D eigenvalue weighted by Crippen LogP contribution is -2.44. The van der Waals surface area contributed by atoms with Gasteiger partial charge in [0.15, 0.2) is 0 Å². The first-order valence-corrected chi connectivity index (χ1v) is 5.66. The SMILES string of the molecule is CCC(C)(C)N(C)C(=O)c1ccc(N)c(O)c1.